The van der Waals surface area contributed by atoms with Gasteiger partial charge in [0.1, 0.15) is 5.60 Å². The molecule has 0 radical (unpaired) electrons. The molecule has 2 aromatic carbocycles. The minimum absolute atomic E-state index is 0.250. The smallest absolute Gasteiger partial charge is 0.416 e. The van der Waals surface area contributed by atoms with Gasteiger partial charge in [-0.05, 0) is 69.5 Å². The van der Waals surface area contributed by atoms with Gasteiger partial charge in [0, 0.05) is 14.8 Å². The average molecular weight is 476 g/mol. The first kappa shape index (κ1) is 25.4. The Labute approximate surface area is 189 Å². The van der Waals surface area contributed by atoms with Gasteiger partial charge in [0.05, 0.1) is 18.2 Å². The second-order valence-electron chi connectivity index (χ2n) is 7.95. The van der Waals surface area contributed by atoms with Crippen molar-refractivity contribution >= 4 is 29.5 Å². The fraction of sp³-hybridized carbons (Fsp3) is 0.409. The molecule has 170 valence electrons. The SMILES string of the molecule is CC(C)(C)OC(=O)NC(CO)CCc1ccc(Sc2cccc(C(F)(F)F)c2)cc1Cl. The Kier molecular flexibility index (Phi) is 8.68. The number of carbonyl (C=O) groups is 1. The summed E-state index contributed by atoms with van der Waals surface area (Å²) < 4.78 is 43.8. The van der Waals surface area contributed by atoms with E-state index in [4.69, 9.17) is 16.3 Å². The first-order chi connectivity index (χ1) is 14.4. The van der Waals surface area contributed by atoms with Crippen LogP contribution in [-0.4, -0.2) is 29.4 Å². The second kappa shape index (κ2) is 10.6. The Morgan fingerprint density at radius 3 is 2.42 bits per heavy atom. The Morgan fingerprint density at radius 1 is 1.16 bits per heavy atom. The van der Waals surface area contributed by atoms with Crippen LogP contribution in [0.25, 0.3) is 0 Å². The molecule has 0 fully saturated rings. The van der Waals surface area contributed by atoms with Crippen molar-refractivity contribution in [1.29, 1.82) is 0 Å². The molecule has 0 aliphatic carbocycles. The third-order valence-corrected chi connectivity index (χ3v) is 5.46. The molecular formula is C22H25ClF3NO3S. The lowest BCUT2D eigenvalue weighted by atomic mass is 10.1. The number of aliphatic hydroxyl groups excluding tert-OH is 1. The van der Waals surface area contributed by atoms with Crippen LogP contribution in [-0.2, 0) is 17.3 Å². The van der Waals surface area contributed by atoms with Crippen molar-refractivity contribution in [2.75, 3.05) is 6.61 Å². The standard InChI is InChI=1S/C22H25ClF3NO3S/c1-21(2,3)30-20(29)27-16(13-28)9-7-14-8-10-18(12-19(14)23)31-17-6-4-5-15(11-17)22(24,25)26/h4-6,8,10-12,16,28H,7,9,13H2,1-3H3,(H,27,29). The van der Waals surface area contributed by atoms with Crippen LogP contribution in [0.1, 0.15) is 38.3 Å². The summed E-state index contributed by atoms with van der Waals surface area (Å²) in [6, 6.07) is 9.87. The third-order valence-electron chi connectivity index (χ3n) is 4.12. The lowest BCUT2D eigenvalue weighted by Crippen LogP contribution is -2.41. The highest BCUT2D eigenvalue weighted by Gasteiger charge is 2.30. The van der Waals surface area contributed by atoms with E-state index in [-0.39, 0.29) is 6.61 Å². The number of aryl methyl sites for hydroxylation is 1. The van der Waals surface area contributed by atoms with E-state index in [2.05, 4.69) is 5.32 Å². The topological polar surface area (TPSA) is 58.6 Å². The van der Waals surface area contributed by atoms with Crippen LogP contribution >= 0.6 is 23.4 Å². The van der Waals surface area contributed by atoms with Gasteiger partial charge in [-0.2, -0.15) is 13.2 Å². The molecule has 2 rings (SSSR count). The number of halogens is 4. The minimum atomic E-state index is -4.39. The Morgan fingerprint density at radius 2 is 1.84 bits per heavy atom. The molecular weight excluding hydrogens is 451 g/mol. The molecule has 0 saturated heterocycles. The van der Waals surface area contributed by atoms with E-state index < -0.39 is 29.5 Å². The summed E-state index contributed by atoms with van der Waals surface area (Å²) in [4.78, 5) is 13.0. The normalized spacial score (nSPS) is 13.0. The zero-order valence-electron chi connectivity index (χ0n) is 17.4. The molecule has 1 atom stereocenters. The largest absolute Gasteiger partial charge is 0.444 e. The van der Waals surface area contributed by atoms with Gasteiger partial charge in [-0.15, -0.1) is 0 Å². The van der Waals surface area contributed by atoms with Gasteiger partial charge in [-0.25, -0.2) is 4.79 Å². The maximum absolute atomic E-state index is 12.9. The molecule has 0 aliphatic heterocycles. The number of aliphatic hydroxyl groups is 1. The zero-order chi connectivity index (χ0) is 23.2. The zero-order valence-corrected chi connectivity index (χ0v) is 19.0. The highest BCUT2D eigenvalue weighted by Crippen LogP contribution is 2.35. The Hall–Kier alpha value is -1.90. The minimum Gasteiger partial charge on any atom is -0.444 e. The summed E-state index contributed by atoms with van der Waals surface area (Å²) in [5.74, 6) is 0. The number of rotatable bonds is 7. The average Bonchev–Trinajstić information content (AvgIpc) is 2.64. The van der Waals surface area contributed by atoms with Gasteiger partial charge < -0.3 is 15.2 Å². The predicted molar refractivity (Wildman–Crippen MR) is 116 cm³/mol. The van der Waals surface area contributed by atoms with E-state index in [9.17, 15) is 23.1 Å². The molecule has 4 nitrogen and oxygen atoms in total. The maximum atomic E-state index is 12.9. The van der Waals surface area contributed by atoms with Crippen LogP contribution in [0.2, 0.25) is 5.02 Å². The van der Waals surface area contributed by atoms with Crippen molar-refractivity contribution in [2.45, 2.75) is 61.2 Å². The van der Waals surface area contributed by atoms with Crippen molar-refractivity contribution in [3.63, 3.8) is 0 Å². The van der Waals surface area contributed by atoms with Crippen molar-refractivity contribution in [1.82, 2.24) is 5.32 Å². The van der Waals surface area contributed by atoms with Crippen LogP contribution in [0.5, 0.6) is 0 Å². The van der Waals surface area contributed by atoms with E-state index in [0.717, 1.165) is 17.7 Å². The molecule has 0 aliphatic rings. The molecule has 0 heterocycles. The fourth-order valence-corrected chi connectivity index (χ4v) is 3.94. The third kappa shape index (κ3) is 8.63. The molecule has 0 spiro atoms. The number of nitrogens with one attached hydrogen (secondary N) is 1. The summed E-state index contributed by atoms with van der Waals surface area (Å²) in [5, 5.41) is 12.6. The predicted octanol–water partition coefficient (Wildman–Crippen LogP) is 6.33. The molecule has 1 unspecified atom stereocenters. The lowest BCUT2D eigenvalue weighted by molar-refractivity contribution is -0.137. The first-order valence-corrected chi connectivity index (χ1v) is 10.8. The van der Waals surface area contributed by atoms with Crippen LogP contribution in [0.15, 0.2) is 52.3 Å². The number of alkyl carbamates (subject to hydrolysis) is 1. The molecule has 31 heavy (non-hydrogen) atoms. The second-order valence-corrected chi connectivity index (χ2v) is 9.50. The highest BCUT2D eigenvalue weighted by atomic mass is 35.5. The fourth-order valence-electron chi connectivity index (χ4n) is 2.68. The van der Waals surface area contributed by atoms with Gasteiger partial charge in [0.15, 0.2) is 0 Å². The van der Waals surface area contributed by atoms with Crippen LogP contribution in [0.3, 0.4) is 0 Å². The van der Waals surface area contributed by atoms with Gasteiger partial charge in [0.25, 0.3) is 0 Å². The molecule has 0 bridgehead atoms. The van der Waals surface area contributed by atoms with E-state index >= 15 is 0 Å². The summed E-state index contributed by atoms with van der Waals surface area (Å²) >= 11 is 7.54. The number of alkyl halides is 3. The highest BCUT2D eigenvalue weighted by molar-refractivity contribution is 7.99. The Bertz CT molecular complexity index is 900. The Balaban J connectivity index is 1.99. The summed E-state index contributed by atoms with van der Waals surface area (Å²) in [7, 11) is 0. The van der Waals surface area contributed by atoms with Crippen molar-refractivity contribution in [2.24, 2.45) is 0 Å². The molecule has 0 saturated carbocycles. The first-order valence-electron chi connectivity index (χ1n) is 9.61. The molecule has 1 amide bonds. The van der Waals surface area contributed by atoms with Gasteiger partial charge in [0.2, 0.25) is 0 Å². The van der Waals surface area contributed by atoms with Crippen LogP contribution in [0.4, 0.5) is 18.0 Å². The van der Waals surface area contributed by atoms with Crippen LogP contribution < -0.4 is 5.32 Å². The van der Waals surface area contributed by atoms with E-state index in [0.29, 0.717) is 27.7 Å². The molecule has 9 heteroatoms. The number of carbonyl (C=O) groups excluding carboxylic acids is 1. The number of hydrogen-bond acceptors (Lipinski definition) is 4. The molecule has 2 aromatic rings. The monoisotopic (exact) mass is 475 g/mol. The van der Waals surface area contributed by atoms with Gasteiger partial charge in [-0.1, -0.05) is 35.5 Å². The summed E-state index contributed by atoms with van der Waals surface area (Å²) in [5.41, 5.74) is -0.534. The maximum Gasteiger partial charge on any atom is 0.416 e. The lowest BCUT2D eigenvalue weighted by Gasteiger charge is -2.22. The molecule has 2 N–H and O–H groups in total. The van der Waals surface area contributed by atoms with E-state index in [1.807, 2.05) is 0 Å². The van der Waals surface area contributed by atoms with Gasteiger partial charge in [-0.3, -0.25) is 0 Å². The number of ether oxygens (including phenoxy) is 1. The van der Waals surface area contributed by atoms with Gasteiger partial charge >= 0.3 is 12.3 Å². The summed E-state index contributed by atoms with van der Waals surface area (Å²) in [6.45, 7) is 5.00. The number of hydrogen-bond donors (Lipinski definition) is 2. The molecule has 0 aromatic heterocycles. The van der Waals surface area contributed by atoms with Crippen molar-refractivity contribution < 1.29 is 27.8 Å². The van der Waals surface area contributed by atoms with E-state index in [1.54, 1.807) is 45.0 Å². The van der Waals surface area contributed by atoms with E-state index in [1.165, 1.54) is 17.8 Å². The quantitative estimate of drug-likeness (QED) is 0.491. The summed E-state index contributed by atoms with van der Waals surface area (Å²) in [6.07, 6.45) is -4.07. The number of benzene rings is 2. The van der Waals surface area contributed by atoms with Crippen LogP contribution in [0, 0.1) is 0 Å². The van der Waals surface area contributed by atoms with Crippen molar-refractivity contribution in [3.05, 3.63) is 58.6 Å². The number of amides is 1. The van der Waals surface area contributed by atoms with Crippen molar-refractivity contribution in [3.8, 4) is 0 Å².